The van der Waals surface area contributed by atoms with Gasteiger partial charge in [-0.05, 0) is 16.8 Å². The van der Waals surface area contributed by atoms with Crippen LogP contribution in [0.2, 0.25) is 0 Å². The summed E-state index contributed by atoms with van der Waals surface area (Å²) >= 11 is 0. The van der Waals surface area contributed by atoms with Crippen molar-refractivity contribution in [3.63, 3.8) is 0 Å². The molecule has 3 aromatic carbocycles. The molecule has 0 bridgehead atoms. The summed E-state index contributed by atoms with van der Waals surface area (Å²) in [4.78, 5) is 45.0. The molecule has 0 unspecified atom stereocenters. The maximum absolute atomic E-state index is 13.8. The van der Waals surface area contributed by atoms with Crippen molar-refractivity contribution in [3.8, 4) is 5.75 Å². The standard InChI is InChI=1S/C27H21N3O4/c1-29-25-22(26(32)30(2)27(29)33)20(19-15-9-5-4-8-14(15)12-13-18(19)34-3)21-23(28-25)16-10-6-7-11-17(16)24(21)31/h4-13,20-21H,1-3H3/t20-,21+/m0/s1. The smallest absolute Gasteiger partial charge is 0.332 e. The van der Waals surface area contributed by atoms with E-state index < -0.39 is 23.1 Å². The molecule has 0 saturated heterocycles. The number of fused-ring (bicyclic) bond motifs is 5. The highest BCUT2D eigenvalue weighted by Crippen LogP contribution is 2.50. The number of ketones is 1. The Morgan fingerprint density at radius 3 is 2.26 bits per heavy atom. The van der Waals surface area contributed by atoms with Crippen molar-refractivity contribution in [2.45, 2.75) is 5.92 Å². The molecule has 4 aromatic rings. The molecule has 34 heavy (non-hydrogen) atoms. The Kier molecular flexibility index (Phi) is 4.26. The second-order valence-corrected chi connectivity index (χ2v) is 8.71. The summed E-state index contributed by atoms with van der Waals surface area (Å²) in [5.41, 5.74) is 2.05. The van der Waals surface area contributed by atoms with Gasteiger partial charge in [-0.2, -0.15) is 0 Å². The minimum Gasteiger partial charge on any atom is -0.496 e. The zero-order chi connectivity index (χ0) is 23.7. The predicted molar refractivity (Wildman–Crippen MR) is 130 cm³/mol. The summed E-state index contributed by atoms with van der Waals surface area (Å²) in [7, 11) is 4.63. The molecule has 7 nitrogen and oxygen atoms in total. The molecule has 2 aliphatic rings. The number of nitrogens with zero attached hydrogens (tertiary/aromatic N) is 3. The second kappa shape index (κ2) is 7.12. The van der Waals surface area contributed by atoms with E-state index in [4.69, 9.17) is 9.73 Å². The quantitative estimate of drug-likeness (QED) is 0.468. The minimum absolute atomic E-state index is 0.0871. The van der Waals surface area contributed by atoms with E-state index in [9.17, 15) is 14.4 Å². The topological polar surface area (TPSA) is 82.7 Å². The minimum atomic E-state index is -0.699. The zero-order valence-corrected chi connectivity index (χ0v) is 18.9. The van der Waals surface area contributed by atoms with Crippen LogP contribution in [0.5, 0.6) is 5.75 Å². The van der Waals surface area contributed by atoms with Crippen LogP contribution in [0.1, 0.15) is 33.0 Å². The fraction of sp³-hybridized carbons (Fsp3) is 0.185. The number of aliphatic imine (C=N–C) groups is 1. The van der Waals surface area contributed by atoms with E-state index in [1.807, 2.05) is 54.6 Å². The third-order valence-corrected chi connectivity index (χ3v) is 7.05. The lowest BCUT2D eigenvalue weighted by Gasteiger charge is -2.31. The van der Waals surface area contributed by atoms with Gasteiger partial charge in [0.2, 0.25) is 0 Å². The summed E-state index contributed by atoms with van der Waals surface area (Å²) in [6, 6.07) is 19.0. The van der Waals surface area contributed by atoms with E-state index in [0.29, 0.717) is 22.6 Å². The normalized spacial score (nSPS) is 18.3. The first kappa shape index (κ1) is 20.4. The Bertz CT molecular complexity index is 1690. The van der Waals surface area contributed by atoms with Crippen molar-refractivity contribution in [1.29, 1.82) is 0 Å². The number of methoxy groups -OCH3 is 1. The highest BCUT2D eigenvalue weighted by molar-refractivity contribution is 6.30. The number of carbonyl (C=O) groups is 1. The number of Topliss-reactive ketones (excluding diaryl/α,β-unsaturated/α-hetero) is 1. The second-order valence-electron chi connectivity index (χ2n) is 8.71. The van der Waals surface area contributed by atoms with Gasteiger partial charge < -0.3 is 4.74 Å². The van der Waals surface area contributed by atoms with E-state index in [-0.39, 0.29) is 11.6 Å². The lowest BCUT2D eigenvalue weighted by Crippen LogP contribution is -2.43. The van der Waals surface area contributed by atoms with Crippen molar-refractivity contribution >= 4 is 28.1 Å². The van der Waals surface area contributed by atoms with E-state index in [1.165, 1.54) is 11.6 Å². The molecule has 1 aliphatic heterocycles. The average Bonchev–Trinajstić information content (AvgIpc) is 3.16. The van der Waals surface area contributed by atoms with Gasteiger partial charge >= 0.3 is 5.69 Å². The van der Waals surface area contributed by atoms with E-state index in [1.54, 1.807) is 20.2 Å². The molecule has 2 heterocycles. The summed E-state index contributed by atoms with van der Waals surface area (Å²) in [5, 5.41) is 1.85. The van der Waals surface area contributed by atoms with Gasteiger partial charge in [-0.3, -0.25) is 18.7 Å². The van der Waals surface area contributed by atoms with E-state index in [2.05, 4.69) is 0 Å². The maximum atomic E-state index is 13.8. The summed E-state index contributed by atoms with van der Waals surface area (Å²) in [6.45, 7) is 0. The monoisotopic (exact) mass is 451 g/mol. The fourth-order valence-electron chi connectivity index (χ4n) is 5.45. The van der Waals surface area contributed by atoms with E-state index >= 15 is 0 Å². The molecule has 0 saturated carbocycles. The third-order valence-electron chi connectivity index (χ3n) is 7.05. The number of ether oxygens (including phenoxy) is 1. The van der Waals surface area contributed by atoms with Gasteiger partial charge in [-0.15, -0.1) is 0 Å². The average molecular weight is 451 g/mol. The molecule has 0 spiro atoms. The van der Waals surface area contributed by atoms with Crippen LogP contribution in [0.3, 0.4) is 0 Å². The number of hydrogen-bond donors (Lipinski definition) is 0. The van der Waals surface area contributed by atoms with Crippen molar-refractivity contribution in [1.82, 2.24) is 9.13 Å². The first-order valence-corrected chi connectivity index (χ1v) is 11.0. The largest absolute Gasteiger partial charge is 0.496 e. The number of hydrogen-bond acceptors (Lipinski definition) is 5. The first-order valence-electron chi connectivity index (χ1n) is 11.0. The Morgan fingerprint density at radius 1 is 0.794 bits per heavy atom. The van der Waals surface area contributed by atoms with Gasteiger partial charge in [0, 0.05) is 36.7 Å². The van der Waals surface area contributed by atoms with Gasteiger partial charge in [0.15, 0.2) is 5.78 Å². The summed E-state index contributed by atoms with van der Waals surface area (Å²) < 4.78 is 8.24. The Balaban J connectivity index is 1.80. The molecule has 0 N–H and O–H groups in total. The van der Waals surface area contributed by atoms with Gasteiger partial charge in [0.1, 0.15) is 11.6 Å². The summed E-state index contributed by atoms with van der Waals surface area (Å²) in [5.74, 6) is -0.598. The van der Waals surface area contributed by atoms with Crippen molar-refractivity contribution in [2.75, 3.05) is 7.11 Å². The Morgan fingerprint density at radius 2 is 1.50 bits per heavy atom. The number of aromatic nitrogens is 2. The highest BCUT2D eigenvalue weighted by Gasteiger charge is 2.49. The Labute approximate surface area is 194 Å². The van der Waals surface area contributed by atoms with Crippen molar-refractivity contribution < 1.29 is 9.53 Å². The molecular formula is C27H21N3O4. The van der Waals surface area contributed by atoms with Gasteiger partial charge in [-0.25, -0.2) is 9.79 Å². The molecule has 7 heteroatoms. The van der Waals surface area contributed by atoms with Crippen LogP contribution >= 0.6 is 0 Å². The molecule has 0 amide bonds. The molecule has 1 aromatic heterocycles. The highest BCUT2D eigenvalue weighted by atomic mass is 16.5. The number of rotatable bonds is 2. The van der Waals surface area contributed by atoms with Crippen molar-refractivity contribution in [2.24, 2.45) is 25.0 Å². The number of carbonyl (C=O) groups excluding carboxylic acids is 1. The Hall–Kier alpha value is -4.26. The molecular weight excluding hydrogens is 430 g/mol. The lowest BCUT2D eigenvalue weighted by atomic mass is 9.74. The zero-order valence-electron chi connectivity index (χ0n) is 18.9. The molecule has 2 atom stereocenters. The van der Waals surface area contributed by atoms with Crippen LogP contribution in [0.15, 0.2) is 75.2 Å². The van der Waals surface area contributed by atoms with Gasteiger partial charge in [0.05, 0.1) is 24.3 Å². The maximum Gasteiger partial charge on any atom is 0.332 e. The van der Waals surface area contributed by atoms with Crippen molar-refractivity contribution in [3.05, 3.63) is 104 Å². The van der Waals surface area contributed by atoms with Crippen LogP contribution in [-0.2, 0) is 14.1 Å². The van der Waals surface area contributed by atoms with Crippen LogP contribution in [0.25, 0.3) is 10.8 Å². The number of benzene rings is 3. The van der Waals surface area contributed by atoms with Gasteiger partial charge in [0.25, 0.3) is 5.56 Å². The predicted octanol–water partition coefficient (Wildman–Crippen LogP) is 3.32. The molecule has 6 rings (SSSR count). The van der Waals surface area contributed by atoms with E-state index in [0.717, 1.165) is 26.5 Å². The van der Waals surface area contributed by atoms with Gasteiger partial charge in [-0.1, -0.05) is 54.6 Å². The van der Waals surface area contributed by atoms with Crippen LogP contribution < -0.4 is 16.0 Å². The summed E-state index contributed by atoms with van der Waals surface area (Å²) in [6.07, 6.45) is 0. The van der Waals surface area contributed by atoms with Crippen LogP contribution in [0, 0.1) is 5.92 Å². The van der Waals surface area contributed by atoms with Crippen LogP contribution in [0.4, 0.5) is 5.82 Å². The molecule has 1 aliphatic carbocycles. The fourth-order valence-corrected chi connectivity index (χ4v) is 5.45. The third kappa shape index (κ3) is 2.52. The molecule has 0 radical (unpaired) electrons. The molecule has 168 valence electrons. The lowest BCUT2D eigenvalue weighted by molar-refractivity contribution is 0.0953. The molecule has 0 fully saturated rings. The SMILES string of the molecule is COc1ccc2ccccc2c1[C@@H]1c2c(n(C)c(=O)n(C)c2=O)N=C2c3ccccc3C(=O)[C@@H]21. The first-order chi connectivity index (χ1) is 16.4. The van der Waals surface area contributed by atoms with Crippen LogP contribution in [-0.4, -0.2) is 27.7 Å².